The average Bonchev–Trinajstić information content (AvgIpc) is 2.95. The van der Waals surface area contributed by atoms with Gasteiger partial charge in [0.05, 0.1) is 12.4 Å². The lowest BCUT2D eigenvalue weighted by Gasteiger charge is -2.39. The molecule has 2 heterocycles. The molecule has 1 amide bonds. The zero-order chi connectivity index (χ0) is 15.1. The van der Waals surface area contributed by atoms with E-state index in [9.17, 15) is 9.90 Å². The van der Waals surface area contributed by atoms with E-state index in [1.807, 2.05) is 17.0 Å². The zero-order valence-corrected chi connectivity index (χ0v) is 12.9. The Morgan fingerprint density at radius 3 is 2.68 bits per heavy atom. The second kappa shape index (κ2) is 5.70. The second-order valence-corrected chi connectivity index (χ2v) is 6.89. The minimum absolute atomic E-state index is 0.120. The first-order valence-electron chi connectivity index (χ1n) is 8.48. The number of nitrogens with zero attached hydrogens (tertiary/aromatic N) is 2. The smallest absolute Gasteiger partial charge is 0.226 e. The van der Waals surface area contributed by atoms with Crippen LogP contribution in [0.2, 0.25) is 0 Å². The Bertz CT molecular complexity index is 522. The normalized spacial score (nSPS) is 35.8. The van der Waals surface area contributed by atoms with Crippen LogP contribution in [0.4, 0.5) is 0 Å². The molecule has 5 heteroatoms. The van der Waals surface area contributed by atoms with E-state index >= 15 is 0 Å². The largest absolute Gasteiger partial charge is 0.469 e. The van der Waals surface area contributed by atoms with Crippen molar-refractivity contribution in [1.82, 2.24) is 9.80 Å². The van der Waals surface area contributed by atoms with Gasteiger partial charge in [-0.1, -0.05) is 0 Å². The Labute approximate surface area is 130 Å². The quantitative estimate of drug-likeness (QED) is 0.918. The fourth-order valence-corrected chi connectivity index (χ4v) is 4.14. The number of piperazine rings is 1. The van der Waals surface area contributed by atoms with Gasteiger partial charge in [-0.15, -0.1) is 0 Å². The van der Waals surface area contributed by atoms with Crippen molar-refractivity contribution in [2.45, 2.75) is 43.7 Å². The topological polar surface area (TPSA) is 56.9 Å². The van der Waals surface area contributed by atoms with Crippen LogP contribution in [0.5, 0.6) is 0 Å². The van der Waals surface area contributed by atoms with Crippen molar-refractivity contribution >= 4 is 5.91 Å². The summed E-state index contributed by atoms with van der Waals surface area (Å²) in [6, 6.07) is 4.17. The van der Waals surface area contributed by atoms with Crippen LogP contribution < -0.4 is 0 Å². The molecule has 5 nitrogen and oxygen atoms in total. The van der Waals surface area contributed by atoms with Crippen molar-refractivity contribution in [3.63, 3.8) is 0 Å². The van der Waals surface area contributed by atoms with Crippen LogP contribution in [-0.2, 0) is 4.79 Å². The highest BCUT2D eigenvalue weighted by molar-refractivity contribution is 5.83. The number of aliphatic hydroxyl groups is 1. The maximum atomic E-state index is 12.6. The minimum Gasteiger partial charge on any atom is -0.469 e. The Kier molecular flexibility index (Phi) is 3.70. The van der Waals surface area contributed by atoms with Gasteiger partial charge in [0.25, 0.3) is 0 Å². The minimum atomic E-state index is -0.172. The molecule has 1 aliphatic heterocycles. The van der Waals surface area contributed by atoms with E-state index < -0.39 is 0 Å². The van der Waals surface area contributed by atoms with Crippen LogP contribution in [0, 0.1) is 5.92 Å². The molecule has 4 rings (SSSR count). The molecule has 4 atom stereocenters. The van der Waals surface area contributed by atoms with Crippen LogP contribution in [0.25, 0.3) is 0 Å². The Hall–Kier alpha value is -1.33. The van der Waals surface area contributed by atoms with Gasteiger partial charge in [-0.3, -0.25) is 9.69 Å². The van der Waals surface area contributed by atoms with Crippen molar-refractivity contribution in [3.8, 4) is 0 Å². The highest BCUT2D eigenvalue weighted by atomic mass is 16.3. The molecule has 1 aromatic rings. The second-order valence-electron chi connectivity index (χ2n) is 6.89. The lowest BCUT2D eigenvalue weighted by Crippen LogP contribution is -2.54. The molecule has 22 heavy (non-hydrogen) atoms. The number of aliphatic hydroxyl groups excluding tert-OH is 1. The van der Waals surface area contributed by atoms with Crippen molar-refractivity contribution in [3.05, 3.63) is 24.2 Å². The summed E-state index contributed by atoms with van der Waals surface area (Å²) in [4.78, 5) is 17.0. The summed E-state index contributed by atoms with van der Waals surface area (Å²) in [5.74, 6) is 1.64. The molecule has 0 unspecified atom stereocenters. The molecule has 0 spiro atoms. The van der Waals surface area contributed by atoms with E-state index in [4.69, 9.17) is 4.42 Å². The third-order valence-electron chi connectivity index (χ3n) is 5.56. The molecule has 1 aromatic heterocycles. The molecule has 0 radical (unpaired) electrons. The van der Waals surface area contributed by atoms with E-state index in [0.29, 0.717) is 6.04 Å². The number of hydrogen-bond donors (Lipinski definition) is 1. The summed E-state index contributed by atoms with van der Waals surface area (Å²) < 4.78 is 5.41. The first kappa shape index (κ1) is 14.3. The molecule has 3 aliphatic rings. The number of furan rings is 1. The van der Waals surface area contributed by atoms with Crippen LogP contribution in [0.3, 0.4) is 0 Å². The fourth-order valence-electron chi connectivity index (χ4n) is 4.14. The first-order chi connectivity index (χ1) is 10.7. The molecule has 1 N–H and O–H groups in total. The van der Waals surface area contributed by atoms with Gasteiger partial charge in [0.2, 0.25) is 5.91 Å². The highest BCUT2D eigenvalue weighted by Crippen LogP contribution is 2.48. The summed E-state index contributed by atoms with van der Waals surface area (Å²) in [7, 11) is 0. The van der Waals surface area contributed by atoms with Gasteiger partial charge in [-0.25, -0.2) is 0 Å². The number of carbonyl (C=O) groups is 1. The van der Waals surface area contributed by atoms with Crippen molar-refractivity contribution < 1.29 is 14.3 Å². The van der Waals surface area contributed by atoms with E-state index in [-0.39, 0.29) is 23.8 Å². The summed E-state index contributed by atoms with van der Waals surface area (Å²) in [6.07, 6.45) is 5.58. The van der Waals surface area contributed by atoms with Crippen LogP contribution in [0.15, 0.2) is 22.8 Å². The Morgan fingerprint density at radius 2 is 2.05 bits per heavy atom. The van der Waals surface area contributed by atoms with Crippen molar-refractivity contribution in [2.75, 3.05) is 26.2 Å². The summed E-state index contributed by atoms with van der Waals surface area (Å²) in [6.45, 7) is 3.38. The zero-order valence-electron chi connectivity index (χ0n) is 12.9. The average molecular weight is 304 g/mol. The Morgan fingerprint density at radius 1 is 1.23 bits per heavy atom. The molecule has 0 bridgehead atoms. The van der Waals surface area contributed by atoms with Gasteiger partial charge in [0, 0.05) is 44.1 Å². The standard InChI is InChI=1S/C17H24N2O3/c20-15-4-1-3-14(15)18-6-8-19(9-7-18)17(21)13-11-12(13)16-5-2-10-22-16/h2,5,10,12-15,20H,1,3-4,6-9,11H2/t12-,13+,14-,15+/m0/s1. The van der Waals surface area contributed by atoms with Crippen LogP contribution in [0.1, 0.15) is 37.4 Å². The maximum Gasteiger partial charge on any atom is 0.226 e. The summed E-state index contributed by atoms with van der Waals surface area (Å²) in [5, 5.41) is 10.0. The predicted octanol–water partition coefficient (Wildman–Crippen LogP) is 1.44. The molecular weight excluding hydrogens is 280 g/mol. The number of hydrogen-bond acceptors (Lipinski definition) is 4. The van der Waals surface area contributed by atoms with E-state index in [1.54, 1.807) is 6.26 Å². The van der Waals surface area contributed by atoms with Gasteiger partial charge in [-0.2, -0.15) is 0 Å². The summed E-state index contributed by atoms with van der Waals surface area (Å²) >= 11 is 0. The molecule has 2 aliphatic carbocycles. The van der Waals surface area contributed by atoms with Crippen LogP contribution >= 0.6 is 0 Å². The number of carbonyl (C=O) groups excluding carboxylic acids is 1. The number of amides is 1. The lowest BCUT2D eigenvalue weighted by molar-refractivity contribution is -0.135. The van der Waals surface area contributed by atoms with Crippen molar-refractivity contribution in [2.24, 2.45) is 5.92 Å². The van der Waals surface area contributed by atoms with Gasteiger partial charge < -0.3 is 14.4 Å². The molecule has 120 valence electrons. The van der Waals surface area contributed by atoms with Gasteiger partial charge in [0.15, 0.2) is 0 Å². The third-order valence-corrected chi connectivity index (χ3v) is 5.56. The number of rotatable bonds is 3. The monoisotopic (exact) mass is 304 g/mol. The Balaban J connectivity index is 1.30. The molecule has 1 saturated heterocycles. The van der Waals surface area contributed by atoms with Gasteiger partial charge in [-0.05, 0) is 37.8 Å². The molecule has 0 aromatic carbocycles. The lowest BCUT2D eigenvalue weighted by atomic mass is 10.1. The summed E-state index contributed by atoms with van der Waals surface area (Å²) in [5.41, 5.74) is 0. The van der Waals surface area contributed by atoms with Crippen LogP contribution in [-0.4, -0.2) is 59.1 Å². The first-order valence-corrected chi connectivity index (χ1v) is 8.48. The molecular formula is C17H24N2O3. The maximum absolute atomic E-state index is 12.6. The van der Waals surface area contributed by atoms with E-state index in [0.717, 1.165) is 57.6 Å². The van der Waals surface area contributed by atoms with E-state index in [1.165, 1.54) is 0 Å². The van der Waals surface area contributed by atoms with Crippen molar-refractivity contribution in [1.29, 1.82) is 0 Å². The van der Waals surface area contributed by atoms with Gasteiger partial charge >= 0.3 is 0 Å². The third kappa shape index (κ3) is 2.57. The SMILES string of the molecule is O=C([C@@H]1C[C@@H]1c1ccco1)N1CCN([C@H]2CCC[C@H]2O)CC1. The molecule has 2 saturated carbocycles. The predicted molar refractivity (Wildman–Crippen MR) is 81.4 cm³/mol. The fraction of sp³-hybridized carbons (Fsp3) is 0.706. The van der Waals surface area contributed by atoms with E-state index in [2.05, 4.69) is 4.90 Å². The molecule has 3 fully saturated rings. The highest BCUT2D eigenvalue weighted by Gasteiger charge is 2.48. The van der Waals surface area contributed by atoms with Gasteiger partial charge in [0.1, 0.15) is 5.76 Å².